The summed E-state index contributed by atoms with van der Waals surface area (Å²) in [6.07, 6.45) is 6.80. The standard InChI is InChI=1S/C28H32N4O4.C24H25N3O4/c33-27(31-25-6-3-11-29-26(25)28(34)30-18-20-9-14-35-15-10-20)24-8-7-21(19-32-12-16-36-17-13-32)22-4-1-2-5-23(22)24;28-15-17-7-8-20(19-5-2-1-4-18(17)19)23(29)27-21-6-3-11-25-22(21)24(30)26-14-16-9-12-31-13-10-16/h1-8,11,20H,9-10,12-19H2,(H,30,34)(H,31,33);1-8,11,16,28H,9-10,12-15H2,(H,26,30)(H,27,29). The highest BCUT2D eigenvalue weighted by Crippen LogP contribution is 2.27. The number of morpholine rings is 1. The molecule has 4 amide bonds. The molecular formula is C52H57N7O8. The Morgan fingerprint density at radius 3 is 1.43 bits per heavy atom. The number of fused-ring (bicyclic) bond motifs is 2. The predicted molar refractivity (Wildman–Crippen MR) is 256 cm³/mol. The molecule has 15 heteroatoms. The van der Waals surface area contributed by atoms with E-state index in [2.05, 4.69) is 42.2 Å². The van der Waals surface area contributed by atoms with Crippen molar-refractivity contribution in [2.24, 2.45) is 11.8 Å². The lowest BCUT2D eigenvalue weighted by molar-refractivity contribution is 0.0343. The molecule has 348 valence electrons. The number of anilines is 2. The molecule has 9 rings (SSSR count). The number of carbonyl (C=O) groups excluding carboxylic acids is 4. The number of hydrogen-bond acceptors (Lipinski definition) is 11. The molecule has 5 N–H and O–H groups in total. The fourth-order valence-electron chi connectivity index (χ4n) is 8.69. The van der Waals surface area contributed by atoms with Gasteiger partial charge in [0.15, 0.2) is 11.4 Å². The average molecular weight is 908 g/mol. The molecule has 3 aliphatic rings. The lowest BCUT2D eigenvalue weighted by Gasteiger charge is -2.27. The number of carbonyl (C=O) groups is 4. The van der Waals surface area contributed by atoms with Gasteiger partial charge < -0.3 is 40.6 Å². The Kier molecular flexibility index (Phi) is 16.2. The Balaban J connectivity index is 0.000000184. The van der Waals surface area contributed by atoms with Crippen LogP contribution in [-0.4, -0.2) is 109 Å². The van der Waals surface area contributed by atoms with E-state index in [1.165, 1.54) is 11.8 Å². The van der Waals surface area contributed by atoms with Crippen LogP contribution in [0.5, 0.6) is 0 Å². The first-order chi connectivity index (χ1) is 32.9. The minimum atomic E-state index is -0.341. The summed E-state index contributed by atoms with van der Waals surface area (Å²) in [5.74, 6) is -0.434. The summed E-state index contributed by atoms with van der Waals surface area (Å²) in [4.78, 5) is 62.9. The predicted octanol–water partition coefficient (Wildman–Crippen LogP) is 6.61. The van der Waals surface area contributed by atoms with Crippen LogP contribution < -0.4 is 21.3 Å². The highest BCUT2D eigenvalue weighted by molar-refractivity contribution is 6.16. The van der Waals surface area contributed by atoms with Crippen molar-refractivity contribution < 1.29 is 38.5 Å². The van der Waals surface area contributed by atoms with Gasteiger partial charge in [0.2, 0.25) is 0 Å². The third-order valence-electron chi connectivity index (χ3n) is 12.5. The zero-order chi connectivity index (χ0) is 46.4. The van der Waals surface area contributed by atoms with E-state index < -0.39 is 0 Å². The number of aliphatic hydroxyl groups is 1. The van der Waals surface area contributed by atoms with E-state index >= 15 is 0 Å². The first-order valence-corrected chi connectivity index (χ1v) is 23.0. The zero-order valence-corrected chi connectivity index (χ0v) is 37.5. The van der Waals surface area contributed by atoms with E-state index in [4.69, 9.17) is 14.2 Å². The van der Waals surface area contributed by atoms with Crippen LogP contribution in [0.1, 0.15) is 78.5 Å². The van der Waals surface area contributed by atoms with Crippen molar-refractivity contribution in [1.82, 2.24) is 25.5 Å². The van der Waals surface area contributed by atoms with Crippen molar-refractivity contribution in [3.05, 3.63) is 143 Å². The minimum absolute atomic E-state index is 0.109. The smallest absolute Gasteiger partial charge is 0.272 e. The number of amides is 4. The first kappa shape index (κ1) is 46.9. The van der Waals surface area contributed by atoms with Crippen molar-refractivity contribution in [2.45, 2.75) is 38.8 Å². The van der Waals surface area contributed by atoms with E-state index in [0.717, 1.165) is 98.9 Å². The van der Waals surface area contributed by atoms with Crippen molar-refractivity contribution >= 4 is 56.5 Å². The third kappa shape index (κ3) is 12.0. The maximum atomic E-state index is 13.4. The molecule has 0 unspecified atom stereocenters. The van der Waals surface area contributed by atoms with Gasteiger partial charge in [0.1, 0.15) is 0 Å². The number of hydrogen-bond donors (Lipinski definition) is 5. The van der Waals surface area contributed by atoms with Crippen molar-refractivity contribution in [3.8, 4) is 0 Å². The van der Waals surface area contributed by atoms with Crippen LogP contribution in [-0.2, 0) is 27.4 Å². The van der Waals surface area contributed by atoms with Crippen LogP contribution in [0, 0.1) is 11.8 Å². The molecule has 5 heterocycles. The van der Waals surface area contributed by atoms with Crippen LogP contribution in [0.15, 0.2) is 109 Å². The van der Waals surface area contributed by atoms with Crippen molar-refractivity contribution in [1.29, 1.82) is 0 Å². The molecule has 67 heavy (non-hydrogen) atoms. The number of benzene rings is 4. The zero-order valence-electron chi connectivity index (χ0n) is 37.5. The molecule has 2 aromatic heterocycles. The average Bonchev–Trinajstić information content (AvgIpc) is 3.38. The number of pyridine rings is 2. The summed E-state index contributed by atoms with van der Waals surface area (Å²) < 4.78 is 16.2. The Bertz CT molecular complexity index is 2680. The molecule has 0 bridgehead atoms. The summed E-state index contributed by atoms with van der Waals surface area (Å²) in [6.45, 7) is 8.00. The van der Waals surface area contributed by atoms with Gasteiger partial charge in [0, 0.05) is 82.7 Å². The molecule has 0 radical (unpaired) electrons. The number of aliphatic hydroxyl groups excluding tert-OH is 1. The van der Waals surface area contributed by atoms with Gasteiger partial charge in [-0.1, -0.05) is 60.7 Å². The van der Waals surface area contributed by atoms with E-state index in [-0.39, 0.29) is 41.6 Å². The number of nitrogens with one attached hydrogen (secondary N) is 4. The molecule has 0 spiro atoms. The monoisotopic (exact) mass is 907 g/mol. The van der Waals surface area contributed by atoms with Gasteiger partial charge >= 0.3 is 0 Å². The van der Waals surface area contributed by atoms with Crippen LogP contribution in [0.25, 0.3) is 21.5 Å². The largest absolute Gasteiger partial charge is 0.392 e. The van der Waals surface area contributed by atoms with Gasteiger partial charge in [0.25, 0.3) is 23.6 Å². The topological polar surface area (TPSA) is 193 Å². The highest BCUT2D eigenvalue weighted by Gasteiger charge is 2.23. The third-order valence-corrected chi connectivity index (χ3v) is 12.5. The second-order valence-electron chi connectivity index (χ2n) is 16.9. The fraction of sp³-hybridized carbons (Fsp3) is 0.346. The molecule has 0 aliphatic carbocycles. The highest BCUT2D eigenvalue weighted by atomic mass is 16.5. The Morgan fingerprint density at radius 2 is 0.955 bits per heavy atom. The summed E-state index contributed by atoms with van der Waals surface area (Å²) in [7, 11) is 0. The van der Waals surface area contributed by atoms with Crippen LogP contribution in [0.3, 0.4) is 0 Å². The molecule has 3 fully saturated rings. The number of nitrogens with zero attached hydrogens (tertiary/aromatic N) is 3. The van der Waals surface area contributed by atoms with Gasteiger partial charge in [-0.3, -0.25) is 24.1 Å². The van der Waals surface area contributed by atoms with E-state index in [1.807, 2.05) is 54.6 Å². The number of ether oxygens (including phenoxy) is 3. The van der Waals surface area contributed by atoms with Gasteiger partial charge in [-0.05, 0) is 107 Å². The van der Waals surface area contributed by atoms with Crippen LogP contribution >= 0.6 is 0 Å². The van der Waals surface area contributed by atoms with Crippen molar-refractivity contribution in [2.75, 3.05) is 76.5 Å². The Hall–Kier alpha value is -6.62. The minimum Gasteiger partial charge on any atom is -0.392 e. The second-order valence-corrected chi connectivity index (χ2v) is 16.9. The molecule has 0 atom stereocenters. The van der Waals surface area contributed by atoms with E-state index in [9.17, 15) is 24.3 Å². The second kappa shape index (κ2) is 23.2. The van der Waals surface area contributed by atoms with E-state index in [1.54, 1.807) is 42.6 Å². The van der Waals surface area contributed by atoms with Gasteiger partial charge in [-0.25, -0.2) is 9.97 Å². The maximum Gasteiger partial charge on any atom is 0.272 e. The normalized spacial score (nSPS) is 15.8. The van der Waals surface area contributed by atoms with Gasteiger partial charge in [0.05, 0.1) is 31.2 Å². The number of aromatic nitrogens is 2. The summed E-state index contributed by atoms with van der Waals surface area (Å²) in [6, 6.07) is 29.5. The maximum absolute atomic E-state index is 13.4. The van der Waals surface area contributed by atoms with E-state index in [0.29, 0.717) is 60.6 Å². The van der Waals surface area contributed by atoms with Gasteiger partial charge in [-0.15, -0.1) is 0 Å². The first-order valence-electron chi connectivity index (χ1n) is 23.0. The number of rotatable bonds is 13. The summed E-state index contributed by atoms with van der Waals surface area (Å²) >= 11 is 0. The Morgan fingerprint density at radius 1 is 0.522 bits per heavy atom. The molecule has 15 nitrogen and oxygen atoms in total. The van der Waals surface area contributed by atoms with Crippen LogP contribution in [0.4, 0.5) is 11.4 Å². The SMILES string of the molecule is O=C(NCC1CCOCC1)c1ncccc1NC(=O)c1ccc(CN2CCOCC2)c2ccccc12.O=C(NCC1CCOCC1)c1ncccc1NC(=O)c1ccc(CO)c2ccccc12. The summed E-state index contributed by atoms with van der Waals surface area (Å²) in [5.41, 5.74) is 4.10. The summed E-state index contributed by atoms with van der Waals surface area (Å²) in [5, 5.41) is 24.7. The molecule has 0 saturated carbocycles. The lowest BCUT2D eigenvalue weighted by Crippen LogP contribution is -2.35. The molecular weight excluding hydrogens is 851 g/mol. The fourth-order valence-corrected chi connectivity index (χ4v) is 8.69. The molecule has 3 saturated heterocycles. The van der Waals surface area contributed by atoms with Crippen molar-refractivity contribution in [3.63, 3.8) is 0 Å². The molecule has 4 aromatic carbocycles. The molecule has 6 aromatic rings. The lowest BCUT2D eigenvalue weighted by atomic mass is 9.98. The Labute approximate surface area is 389 Å². The molecule has 3 aliphatic heterocycles. The van der Waals surface area contributed by atoms with Gasteiger partial charge in [-0.2, -0.15) is 0 Å². The van der Waals surface area contributed by atoms with Crippen LogP contribution in [0.2, 0.25) is 0 Å². The quantitative estimate of drug-likeness (QED) is 0.0838.